The van der Waals surface area contributed by atoms with E-state index in [1.807, 2.05) is 0 Å². The zero-order chi connectivity index (χ0) is 16.7. The lowest BCUT2D eigenvalue weighted by Gasteiger charge is -2.13. The molecule has 0 spiro atoms. The fourth-order valence-electron chi connectivity index (χ4n) is 1.54. The molecule has 118 valence electrons. The number of ether oxygens (including phenoxy) is 3. The van der Waals surface area contributed by atoms with Gasteiger partial charge in [0.15, 0.2) is 0 Å². The Balaban J connectivity index is 3.27. The van der Waals surface area contributed by atoms with Crippen LogP contribution in [-0.2, 0) is 23.8 Å². The number of phenolic OH excluding ortho intramolecular Hbond substituents is 1. The SMILES string of the molecule is COC(=O)/C=C(/Nc1cccc(O)c1C(=O)OC)C(=O)OC. The molecule has 0 radical (unpaired) electrons. The van der Waals surface area contributed by atoms with Gasteiger partial charge in [-0.2, -0.15) is 0 Å². The molecule has 22 heavy (non-hydrogen) atoms. The second kappa shape index (κ2) is 7.67. The van der Waals surface area contributed by atoms with Crippen LogP contribution in [0.1, 0.15) is 10.4 Å². The van der Waals surface area contributed by atoms with E-state index in [2.05, 4.69) is 19.5 Å². The largest absolute Gasteiger partial charge is 0.507 e. The van der Waals surface area contributed by atoms with Crippen LogP contribution in [0.2, 0.25) is 0 Å². The fraction of sp³-hybridized carbons (Fsp3) is 0.214. The molecule has 0 aliphatic heterocycles. The summed E-state index contributed by atoms with van der Waals surface area (Å²) in [5, 5.41) is 12.3. The Hall–Kier alpha value is -3.03. The summed E-state index contributed by atoms with van der Waals surface area (Å²) in [6.07, 6.45) is 0.858. The first-order chi connectivity index (χ1) is 10.4. The summed E-state index contributed by atoms with van der Waals surface area (Å²) in [7, 11) is 3.41. The average molecular weight is 309 g/mol. The molecule has 0 aliphatic carbocycles. The fourth-order valence-corrected chi connectivity index (χ4v) is 1.54. The summed E-state index contributed by atoms with van der Waals surface area (Å²) >= 11 is 0. The van der Waals surface area contributed by atoms with Crippen LogP contribution in [0.25, 0.3) is 0 Å². The van der Waals surface area contributed by atoms with Gasteiger partial charge in [0.1, 0.15) is 17.0 Å². The molecule has 0 aliphatic rings. The molecular weight excluding hydrogens is 294 g/mol. The summed E-state index contributed by atoms with van der Waals surface area (Å²) in [6.45, 7) is 0. The molecule has 0 aromatic heterocycles. The third-order valence-electron chi connectivity index (χ3n) is 2.57. The van der Waals surface area contributed by atoms with Gasteiger partial charge in [0, 0.05) is 0 Å². The smallest absolute Gasteiger partial charge is 0.354 e. The highest BCUT2D eigenvalue weighted by Crippen LogP contribution is 2.27. The van der Waals surface area contributed by atoms with Crippen molar-refractivity contribution in [2.45, 2.75) is 0 Å². The zero-order valence-electron chi connectivity index (χ0n) is 12.2. The Labute approximate surface area is 126 Å². The lowest BCUT2D eigenvalue weighted by molar-refractivity contribution is -0.138. The Bertz CT molecular complexity index is 622. The minimum atomic E-state index is -0.857. The van der Waals surface area contributed by atoms with Gasteiger partial charge in [0.2, 0.25) is 0 Å². The van der Waals surface area contributed by atoms with E-state index in [1.165, 1.54) is 18.2 Å². The van der Waals surface area contributed by atoms with E-state index in [0.29, 0.717) is 0 Å². The van der Waals surface area contributed by atoms with Crippen LogP contribution in [0.3, 0.4) is 0 Å². The maximum Gasteiger partial charge on any atom is 0.354 e. The molecule has 0 atom stereocenters. The number of phenols is 1. The number of hydrogen-bond acceptors (Lipinski definition) is 8. The molecule has 0 unspecified atom stereocenters. The van der Waals surface area contributed by atoms with Gasteiger partial charge in [-0.25, -0.2) is 14.4 Å². The second-order valence-electron chi connectivity index (χ2n) is 3.89. The van der Waals surface area contributed by atoms with Crippen LogP contribution in [-0.4, -0.2) is 44.3 Å². The minimum Gasteiger partial charge on any atom is -0.507 e. The quantitative estimate of drug-likeness (QED) is 0.467. The van der Waals surface area contributed by atoms with Gasteiger partial charge in [0.05, 0.1) is 33.1 Å². The lowest BCUT2D eigenvalue weighted by atomic mass is 10.1. The van der Waals surface area contributed by atoms with Crippen molar-refractivity contribution in [1.29, 1.82) is 0 Å². The Morgan fingerprint density at radius 3 is 2.32 bits per heavy atom. The Morgan fingerprint density at radius 1 is 1.09 bits per heavy atom. The number of carbonyl (C=O) groups excluding carboxylic acids is 3. The molecule has 0 heterocycles. The van der Waals surface area contributed by atoms with Crippen molar-refractivity contribution in [1.82, 2.24) is 0 Å². The van der Waals surface area contributed by atoms with E-state index < -0.39 is 17.9 Å². The van der Waals surface area contributed by atoms with Gasteiger partial charge in [-0.05, 0) is 12.1 Å². The normalized spacial score (nSPS) is 10.6. The number of anilines is 1. The molecule has 1 rings (SSSR count). The van der Waals surface area contributed by atoms with E-state index in [-0.39, 0.29) is 22.7 Å². The number of rotatable bonds is 5. The molecule has 0 amide bonds. The average Bonchev–Trinajstić information content (AvgIpc) is 2.52. The summed E-state index contributed by atoms with van der Waals surface area (Å²) in [4.78, 5) is 34.7. The number of esters is 3. The van der Waals surface area contributed by atoms with Gasteiger partial charge in [0.25, 0.3) is 0 Å². The van der Waals surface area contributed by atoms with Gasteiger partial charge >= 0.3 is 17.9 Å². The van der Waals surface area contributed by atoms with Crippen LogP contribution >= 0.6 is 0 Å². The number of hydrogen-bond donors (Lipinski definition) is 2. The first kappa shape index (κ1) is 17.0. The Kier molecular flexibility index (Phi) is 5.94. The molecule has 0 bridgehead atoms. The van der Waals surface area contributed by atoms with Crippen molar-refractivity contribution in [3.05, 3.63) is 35.5 Å². The number of benzene rings is 1. The van der Waals surface area contributed by atoms with E-state index in [1.54, 1.807) is 0 Å². The van der Waals surface area contributed by atoms with Gasteiger partial charge < -0.3 is 24.6 Å². The van der Waals surface area contributed by atoms with Crippen molar-refractivity contribution in [3.8, 4) is 5.75 Å². The maximum absolute atomic E-state index is 11.7. The topological polar surface area (TPSA) is 111 Å². The van der Waals surface area contributed by atoms with Gasteiger partial charge in [-0.3, -0.25) is 0 Å². The van der Waals surface area contributed by atoms with Crippen molar-refractivity contribution >= 4 is 23.6 Å². The molecule has 0 saturated carbocycles. The monoisotopic (exact) mass is 309 g/mol. The highest BCUT2D eigenvalue weighted by atomic mass is 16.5. The highest BCUT2D eigenvalue weighted by Gasteiger charge is 2.20. The van der Waals surface area contributed by atoms with Crippen LogP contribution in [0.15, 0.2) is 30.0 Å². The van der Waals surface area contributed by atoms with Crippen molar-refractivity contribution < 1.29 is 33.7 Å². The number of aromatic hydroxyl groups is 1. The third-order valence-corrected chi connectivity index (χ3v) is 2.57. The molecule has 8 nitrogen and oxygen atoms in total. The third kappa shape index (κ3) is 3.98. The van der Waals surface area contributed by atoms with Gasteiger partial charge in [-0.15, -0.1) is 0 Å². The van der Waals surface area contributed by atoms with Crippen LogP contribution in [0, 0.1) is 0 Å². The van der Waals surface area contributed by atoms with E-state index in [9.17, 15) is 19.5 Å². The first-order valence-electron chi connectivity index (χ1n) is 5.99. The van der Waals surface area contributed by atoms with Crippen LogP contribution in [0.4, 0.5) is 5.69 Å². The standard InChI is InChI=1S/C14H15NO7/c1-20-11(17)7-9(13(18)21-2)15-8-5-4-6-10(16)12(8)14(19)22-3/h4-7,15-16H,1-3H3/b9-7+. The van der Waals surface area contributed by atoms with Crippen LogP contribution < -0.4 is 5.32 Å². The molecule has 1 aromatic carbocycles. The molecule has 0 saturated heterocycles. The van der Waals surface area contributed by atoms with Crippen molar-refractivity contribution in [2.24, 2.45) is 0 Å². The number of carbonyl (C=O) groups is 3. The summed E-state index contributed by atoms with van der Waals surface area (Å²) in [5.41, 5.74) is -0.401. The van der Waals surface area contributed by atoms with Crippen molar-refractivity contribution in [2.75, 3.05) is 26.6 Å². The summed E-state index contributed by atoms with van der Waals surface area (Å²) in [5.74, 6) is -2.82. The first-order valence-corrected chi connectivity index (χ1v) is 5.99. The van der Waals surface area contributed by atoms with E-state index >= 15 is 0 Å². The Morgan fingerprint density at radius 2 is 1.77 bits per heavy atom. The summed E-state index contributed by atoms with van der Waals surface area (Å²) in [6, 6.07) is 4.14. The van der Waals surface area contributed by atoms with E-state index in [4.69, 9.17) is 0 Å². The van der Waals surface area contributed by atoms with Crippen molar-refractivity contribution in [3.63, 3.8) is 0 Å². The van der Waals surface area contributed by atoms with E-state index in [0.717, 1.165) is 27.4 Å². The van der Waals surface area contributed by atoms with Gasteiger partial charge in [-0.1, -0.05) is 6.07 Å². The maximum atomic E-state index is 11.7. The number of methoxy groups -OCH3 is 3. The highest BCUT2D eigenvalue weighted by molar-refractivity contribution is 6.03. The predicted molar refractivity (Wildman–Crippen MR) is 75.2 cm³/mol. The van der Waals surface area contributed by atoms with Crippen LogP contribution in [0.5, 0.6) is 5.75 Å². The summed E-state index contributed by atoms with van der Waals surface area (Å²) < 4.78 is 13.5. The molecule has 2 N–H and O–H groups in total. The molecule has 1 aromatic rings. The zero-order valence-corrected chi connectivity index (χ0v) is 12.2. The lowest BCUT2D eigenvalue weighted by Crippen LogP contribution is -2.17. The predicted octanol–water partition coefficient (Wildman–Crippen LogP) is 0.821. The minimum absolute atomic E-state index is 0.0624. The molecular formula is C14H15NO7. The second-order valence-corrected chi connectivity index (χ2v) is 3.89. The molecule has 0 fully saturated rings. The number of nitrogens with one attached hydrogen (secondary N) is 1. The molecule has 8 heteroatoms.